The SMILES string of the molecule is COc1cc(C(=O)O)ccc1O[C@H]1C[C@H](OCOCC[Si](C)(C)C)C1. The number of hydrogen-bond donors (Lipinski definition) is 1. The first-order valence-corrected chi connectivity index (χ1v) is 12.3. The quantitative estimate of drug-likeness (QED) is 0.386. The molecule has 1 aromatic rings. The first kappa shape index (κ1) is 19.7. The van der Waals surface area contributed by atoms with Crippen LogP contribution in [0.5, 0.6) is 11.5 Å². The van der Waals surface area contributed by atoms with E-state index in [4.69, 9.17) is 24.1 Å². The third-order valence-electron chi connectivity index (χ3n) is 4.14. The van der Waals surface area contributed by atoms with E-state index < -0.39 is 14.0 Å². The summed E-state index contributed by atoms with van der Waals surface area (Å²) in [6, 6.07) is 5.75. The van der Waals surface area contributed by atoms with E-state index in [9.17, 15) is 4.79 Å². The minimum Gasteiger partial charge on any atom is -0.493 e. The van der Waals surface area contributed by atoms with Gasteiger partial charge in [0, 0.05) is 27.5 Å². The third-order valence-corrected chi connectivity index (χ3v) is 5.84. The molecule has 2 rings (SSSR count). The molecule has 1 aromatic carbocycles. The predicted octanol–water partition coefficient (Wildman–Crippen LogP) is 3.63. The van der Waals surface area contributed by atoms with E-state index in [1.165, 1.54) is 19.2 Å². The summed E-state index contributed by atoms with van der Waals surface area (Å²) in [4.78, 5) is 11.0. The largest absolute Gasteiger partial charge is 0.493 e. The van der Waals surface area contributed by atoms with Crippen molar-refractivity contribution in [2.45, 2.75) is 50.7 Å². The Morgan fingerprint density at radius 2 is 1.92 bits per heavy atom. The highest BCUT2D eigenvalue weighted by atomic mass is 28.3. The smallest absolute Gasteiger partial charge is 0.335 e. The Kier molecular flexibility index (Phi) is 6.86. The summed E-state index contributed by atoms with van der Waals surface area (Å²) in [6.07, 6.45) is 1.79. The minimum absolute atomic E-state index is 0.0524. The lowest BCUT2D eigenvalue weighted by Crippen LogP contribution is -2.40. The molecule has 0 amide bonds. The van der Waals surface area contributed by atoms with Crippen molar-refractivity contribution in [3.63, 3.8) is 0 Å². The number of benzene rings is 1. The van der Waals surface area contributed by atoms with Crippen LogP contribution >= 0.6 is 0 Å². The molecule has 0 bridgehead atoms. The average molecular weight is 369 g/mol. The Bertz CT molecular complexity index is 577. The maximum atomic E-state index is 11.0. The Balaban J connectivity index is 1.69. The van der Waals surface area contributed by atoms with Gasteiger partial charge in [0.1, 0.15) is 12.9 Å². The van der Waals surface area contributed by atoms with Gasteiger partial charge in [0.25, 0.3) is 0 Å². The number of methoxy groups -OCH3 is 1. The molecule has 0 spiro atoms. The van der Waals surface area contributed by atoms with Gasteiger partial charge in [-0.25, -0.2) is 4.79 Å². The number of carboxylic acid groups (broad SMARTS) is 1. The number of hydrogen-bond acceptors (Lipinski definition) is 5. The van der Waals surface area contributed by atoms with Crippen LogP contribution in [0.2, 0.25) is 25.7 Å². The van der Waals surface area contributed by atoms with Crippen molar-refractivity contribution in [2.24, 2.45) is 0 Å². The van der Waals surface area contributed by atoms with Crippen molar-refractivity contribution in [2.75, 3.05) is 20.5 Å². The third kappa shape index (κ3) is 6.34. The van der Waals surface area contributed by atoms with Crippen LogP contribution in [0.4, 0.5) is 0 Å². The van der Waals surface area contributed by atoms with E-state index in [0.29, 0.717) is 18.3 Å². The van der Waals surface area contributed by atoms with Gasteiger partial charge in [0.2, 0.25) is 0 Å². The van der Waals surface area contributed by atoms with Crippen molar-refractivity contribution in [3.8, 4) is 11.5 Å². The summed E-state index contributed by atoms with van der Waals surface area (Å²) in [5, 5.41) is 9.01. The summed E-state index contributed by atoms with van der Waals surface area (Å²) < 4.78 is 22.3. The normalized spacial score (nSPS) is 20.0. The standard InChI is InChI=1S/C18H28O6Si/c1-21-17-9-13(18(19)20)5-6-16(17)24-15-10-14(11-15)23-12-22-7-8-25(2,3)4/h5-6,9,14-15H,7-8,10-12H2,1-4H3,(H,19,20)/t14-,15-. The molecule has 1 N–H and O–H groups in total. The van der Waals surface area contributed by atoms with Crippen LogP contribution in [0.25, 0.3) is 0 Å². The zero-order valence-electron chi connectivity index (χ0n) is 15.4. The van der Waals surface area contributed by atoms with E-state index >= 15 is 0 Å². The average Bonchev–Trinajstić information content (AvgIpc) is 2.50. The van der Waals surface area contributed by atoms with E-state index in [1.807, 2.05) is 0 Å². The lowest BCUT2D eigenvalue weighted by Gasteiger charge is -2.35. The fourth-order valence-corrected chi connectivity index (χ4v) is 3.17. The molecule has 6 nitrogen and oxygen atoms in total. The van der Waals surface area contributed by atoms with Crippen molar-refractivity contribution in [1.29, 1.82) is 0 Å². The van der Waals surface area contributed by atoms with Crippen LogP contribution in [-0.4, -0.2) is 51.9 Å². The molecule has 0 aromatic heterocycles. The summed E-state index contributed by atoms with van der Waals surface area (Å²) in [5.41, 5.74) is 0.175. The second kappa shape index (κ2) is 8.69. The van der Waals surface area contributed by atoms with Gasteiger partial charge < -0.3 is 24.1 Å². The zero-order chi connectivity index (χ0) is 18.4. The molecule has 1 saturated carbocycles. The molecule has 25 heavy (non-hydrogen) atoms. The molecule has 1 fully saturated rings. The first-order valence-electron chi connectivity index (χ1n) is 8.56. The van der Waals surface area contributed by atoms with Crippen LogP contribution in [0, 0.1) is 0 Å². The van der Waals surface area contributed by atoms with Crippen LogP contribution in [-0.2, 0) is 9.47 Å². The molecule has 7 heteroatoms. The second-order valence-electron chi connectivity index (χ2n) is 7.51. The molecule has 0 radical (unpaired) electrons. The van der Waals surface area contributed by atoms with Gasteiger partial charge in [-0.2, -0.15) is 0 Å². The van der Waals surface area contributed by atoms with Gasteiger partial charge in [-0.3, -0.25) is 0 Å². The number of carboxylic acids is 1. The molecule has 0 saturated heterocycles. The molecule has 1 aliphatic carbocycles. The number of ether oxygens (including phenoxy) is 4. The monoisotopic (exact) mass is 368 g/mol. The van der Waals surface area contributed by atoms with Gasteiger partial charge >= 0.3 is 5.97 Å². The van der Waals surface area contributed by atoms with Crippen molar-refractivity contribution >= 4 is 14.0 Å². The first-order chi connectivity index (χ1) is 11.8. The Morgan fingerprint density at radius 1 is 1.20 bits per heavy atom. The topological polar surface area (TPSA) is 74.2 Å². The van der Waals surface area contributed by atoms with Crippen molar-refractivity contribution in [1.82, 2.24) is 0 Å². The fourth-order valence-electron chi connectivity index (χ4n) is 2.41. The molecule has 1 aliphatic rings. The highest BCUT2D eigenvalue weighted by molar-refractivity contribution is 6.76. The zero-order valence-corrected chi connectivity index (χ0v) is 16.4. The van der Waals surface area contributed by atoms with E-state index in [2.05, 4.69) is 19.6 Å². The van der Waals surface area contributed by atoms with Gasteiger partial charge in [-0.1, -0.05) is 19.6 Å². The molecular formula is C18H28O6Si. The van der Waals surface area contributed by atoms with Gasteiger partial charge in [0.05, 0.1) is 18.8 Å². The summed E-state index contributed by atoms with van der Waals surface area (Å²) in [6.45, 7) is 8.06. The van der Waals surface area contributed by atoms with Crippen LogP contribution < -0.4 is 9.47 Å². The highest BCUT2D eigenvalue weighted by Crippen LogP contribution is 2.34. The predicted molar refractivity (Wildman–Crippen MR) is 97.4 cm³/mol. The summed E-state index contributed by atoms with van der Waals surface area (Å²) in [7, 11) is 0.446. The lowest BCUT2D eigenvalue weighted by molar-refractivity contribution is -0.134. The summed E-state index contributed by atoms with van der Waals surface area (Å²) >= 11 is 0. The minimum atomic E-state index is -1.05. The molecule has 0 heterocycles. The van der Waals surface area contributed by atoms with E-state index in [0.717, 1.165) is 25.5 Å². The van der Waals surface area contributed by atoms with E-state index in [-0.39, 0.29) is 17.8 Å². The Labute approximate surface area is 150 Å². The molecule has 0 atom stereocenters. The second-order valence-corrected chi connectivity index (χ2v) is 13.1. The lowest BCUT2D eigenvalue weighted by atomic mass is 9.92. The number of aromatic carboxylic acids is 1. The van der Waals surface area contributed by atoms with Crippen LogP contribution in [0.1, 0.15) is 23.2 Å². The van der Waals surface area contributed by atoms with E-state index in [1.54, 1.807) is 6.07 Å². The van der Waals surface area contributed by atoms with Crippen molar-refractivity contribution < 1.29 is 28.8 Å². The maximum Gasteiger partial charge on any atom is 0.335 e. The van der Waals surface area contributed by atoms with Crippen molar-refractivity contribution in [3.05, 3.63) is 23.8 Å². The Morgan fingerprint density at radius 3 is 2.52 bits per heavy atom. The fraction of sp³-hybridized carbons (Fsp3) is 0.611. The molecule has 140 valence electrons. The molecular weight excluding hydrogens is 340 g/mol. The highest BCUT2D eigenvalue weighted by Gasteiger charge is 2.32. The molecule has 0 aliphatic heterocycles. The van der Waals surface area contributed by atoms with Gasteiger partial charge in [-0.05, 0) is 24.2 Å². The molecule has 0 unspecified atom stereocenters. The van der Waals surface area contributed by atoms with Crippen LogP contribution in [0.15, 0.2) is 18.2 Å². The summed E-state index contributed by atoms with van der Waals surface area (Å²) in [5.74, 6) is -0.00244. The number of rotatable bonds is 10. The van der Waals surface area contributed by atoms with Crippen LogP contribution in [0.3, 0.4) is 0 Å². The van der Waals surface area contributed by atoms with Gasteiger partial charge in [0.15, 0.2) is 11.5 Å². The Hall–Kier alpha value is -1.57. The number of carbonyl (C=O) groups is 1. The van der Waals surface area contributed by atoms with Gasteiger partial charge in [-0.15, -0.1) is 0 Å². The maximum absolute atomic E-state index is 11.0.